The number of rotatable bonds is 3. The van der Waals surface area contributed by atoms with Crippen LogP contribution in [0.3, 0.4) is 0 Å². The van der Waals surface area contributed by atoms with Crippen LogP contribution < -0.4 is 4.90 Å². The normalized spacial score (nSPS) is 14.5. The standard InChI is InChI=1S/C22H24N4O2/c1-3-20(28)25-10-12-26(13-11-25)22-16-9-8-15(2)14-18(16)23-21(24-22)17-6-4-5-7-19(17)27/h4-9,14,27H,3,10-13H2,1-2H3. The van der Waals surface area contributed by atoms with Crippen LogP contribution in [0.2, 0.25) is 0 Å². The maximum absolute atomic E-state index is 12.0. The Morgan fingerprint density at radius 3 is 2.54 bits per heavy atom. The van der Waals surface area contributed by atoms with Gasteiger partial charge in [0.2, 0.25) is 5.91 Å². The van der Waals surface area contributed by atoms with Gasteiger partial charge in [-0.25, -0.2) is 9.97 Å². The topological polar surface area (TPSA) is 69.6 Å². The summed E-state index contributed by atoms with van der Waals surface area (Å²) in [4.78, 5) is 25.7. The molecular formula is C22H24N4O2. The number of piperazine rings is 1. The van der Waals surface area contributed by atoms with Crippen LogP contribution in [-0.4, -0.2) is 52.1 Å². The van der Waals surface area contributed by atoms with Crippen LogP contribution in [0.1, 0.15) is 18.9 Å². The second-order valence-electron chi connectivity index (χ2n) is 7.13. The molecule has 0 bridgehead atoms. The molecule has 1 aromatic heterocycles. The second kappa shape index (κ2) is 7.46. The highest BCUT2D eigenvalue weighted by Crippen LogP contribution is 2.32. The molecule has 144 valence electrons. The number of hydrogen-bond donors (Lipinski definition) is 1. The molecular weight excluding hydrogens is 352 g/mol. The first-order valence-electron chi connectivity index (χ1n) is 9.66. The molecule has 28 heavy (non-hydrogen) atoms. The minimum Gasteiger partial charge on any atom is -0.507 e. The molecule has 0 spiro atoms. The van der Waals surface area contributed by atoms with E-state index in [1.807, 2.05) is 36.9 Å². The molecule has 6 heteroatoms. The van der Waals surface area contributed by atoms with E-state index in [1.54, 1.807) is 12.1 Å². The van der Waals surface area contributed by atoms with Crippen molar-refractivity contribution in [2.24, 2.45) is 0 Å². The number of amides is 1. The van der Waals surface area contributed by atoms with E-state index in [9.17, 15) is 9.90 Å². The molecule has 0 atom stereocenters. The zero-order valence-electron chi connectivity index (χ0n) is 16.2. The number of aromatic nitrogens is 2. The summed E-state index contributed by atoms with van der Waals surface area (Å²) in [7, 11) is 0. The van der Waals surface area contributed by atoms with E-state index in [1.165, 1.54) is 0 Å². The third kappa shape index (κ3) is 3.38. The Balaban J connectivity index is 1.77. The molecule has 1 fully saturated rings. The molecule has 1 aliphatic rings. The van der Waals surface area contributed by atoms with Crippen molar-refractivity contribution in [1.29, 1.82) is 0 Å². The highest BCUT2D eigenvalue weighted by atomic mass is 16.3. The first-order chi connectivity index (χ1) is 13.6. The lowest BCUT2D eigenvalue weighted by atomic mass is 10.1. The highest BCUT2D eigenvalue weighted by molar-refractivity contribution is 5.92. The zero-order chi connectivity index (χ0) is 19.7. The average Bonchev–Trinajstić information content (AvgIpc) is 2.72. The predicted octanol–water partition coefficient (Wildman–Crippen LogP) is 3.37. The van der Waals surface area contributed by atoms with Gasteiger partial charge in [-0.2, -0.15) is 0 Å². The van der Waals surface area contributed by atoms with E-state index >= 15 is 0 Å². The van der Waals surface area contributed by atoms with E-state index in [0.717, 1.165) is 35.4 Å². The van der Waals surface area contributed by atoms with E-state index in [-0.39, 0.29) is 11.7 Å². The van der Waals surface area contributed by atoms with Crippen molar-refractivity contribution in [3.63, 3.8) is 0 Å². The first-order valence-corrected chi connectivity index (χ1v) is 9.66. The monoisotopic (exact) mass is 376 g/mol. The number of carbonyl (C=O) groups is 1. The van der Waals surface area contributed by atoms with Gasteiger partial charge in [-0.15, -0.1) is 0 Å². The zero-order valence-corrected chi connectivity index (χ0v) is 16.2. The van der Waals surface area contributed by atoms with E-state index in [0.29, 0.717) is 30.9 Å². The minimum atomic E-state index is 0.166. The van der Waals surface area contributed by atoms with Gasteiger partial charge in [0.15, 0.2) is 5.82 Å². The van der Waals surface area contributed by atoms with Gasteiger partial charge in [-0.05, 0) is 36.8 Å². The molecule has 0 saturated carbocycles. The largest absolute Gasteiger partial charge is 0.507 e. The summed E-state index contributed by atoms with van der Waals surface area (Å²) in [6, 6.07) is 13.3. The molecule has 0 unspecified atom stereocenters. The number of aryl methyl sites for hydroxylation is 1. The smallest absolute Gasteiger partial charge is 0.222 e. The van der Waals surface area contributed by atoms with Crippen LogP contribution in [-0.2, 0) is 4.79 Å². The molecule has 0 aliphatic carbocycles. The van der Waals surface area contributed by atoms with Gasteiger partial charge in [0.25, 0.3) is 0 Å². The van der Waals surface area contributed by atoms with Crippen molar-refractivity contribution < 1.29 is 9.90 Å². The fourth-order valence-electron chi connectivity index (χ4n) is 3.64. The maximum Gasteiger partial charge on any atom is 0.222 e. The SMILES string of the molecule is CCC(=O)N1CCN(c2nc(-c3ccccc3O)nc3cc(C)ccc23)CC1. The molecule has 4 rings (SSSR count). The number of para-hydroxylation sites is 1. The minimum absolute atomic E-state index is 0.166. The molecule has 2 heterocycles. The third-order valence-electron chi connectivity index (χ3n) is 5.21. The number of anilines is 1. The molecule has 1 aliphatic heterocycles. The molecule has 2 aromatic carbocycles. The molecule has 0 radical (unpaired) electrons. The molecule has 1 saturated heterocycles. The second-order valence-corrected chi connectivity index (χ2v) is 7.13. The predicted molar refractivity (Wildman–Crippen MR) is 110 cm³/mol. The van der Waals surface area contributed by atoms with Crippen molar-refractivity contribution in [2.45, 2.75) is 20.3 Å². The number of hydrogen-bond acceptors (Lipinski definition) is 5. The Morgan fingerprint density at radius 1 is 1.07 bits per heavy atom. The van der Waals surface area contributed by atoms with Crippen LogP contribution in [0.5, 0.6) is 5.75 Å². The van der Waals surface area contributed by atoms with Gasteiger partial charge in [0, 0.05) is 38.0 Å². The number of benzene rings is 2. The number of aromatic hydroxyl groups is 1. The number of nitrogens with zero attached hydrogens (tertiary/aromatic N) is 4. The fraction of sp³-hybridized carbons (Fsp3) is 0.318. The fourth-order valence-corrected chi connectivity index (χ4v) is 3.64. The van der Waals surface area contributed by atoms with Gasteiger partial charge in [0.1, 0.15) is 11.6 Å². The Hall–Kier alpha value is -3.15. The van der Waals surface area contributed by atoms with Crippen molar-refractivity contribution in [2.75, 3.05) is 31.1 Å². The Labute approximate surface area is 164 Å². The van der Waals surface area contributed by atoms with Crippen LogP contribution in [0.15, 0.2) is 42.5 Å². The molecule has 6 nitrogen and oxygen atoms in total. The number of phenolic OH excluding ortho intramolecular Hbond substituents is 1. The van der Waals surface area contributed by atoms with Crippen molar-refractivity contribution in [1.82, 2.24) is 14.9 Å². The first kappa shape index (κ1) is 18.2. The van der Waals surface area contributed by atoms with Crippen LogP contribution in [0, 0.1) is 6.92 Å². The van der Waals surface area contributed by atoms with Gasteiger partial charge >= 0.3 is 0 Å². The summed E-state index contributed by atoms with van der Waals surface area (Å²) in [5.74, 6) is 1.72. The van der Waals surface area contributed by atoms with E-state index in [4.69, 9.17) is 9.97 Å². The van der Waals surface area contributed by atoms with E-state index in [2.05, 4.69) is 17.0 Å². The molecule has 3 aromatic rings. The number of carbonyl (C=O) groups excluding carboxylic acids is 1. The average molecular weight is 376 g/mol. The van der Waals surface area contributed by atoms with Gasteiger partial charge in [-0.3, -0.25) is 4.79 Å². The Bertz CT molecular complexity index is 1030. The van der Waals surface area contributed by atoms with Crippen molar-refractivity contribution >= 4 is 22.6 Å². The van der Waals surface area contributed by atoms with Gasteiger partial charge < -0.3 is 14.9 Å². The Kier molecular flexibility index (Phi) is 4.86. The van der Waals surface area contributed by atoms with Crippen molar-refractivity contribution in [3.8, 4) is 17.1 Å². The summed E-state index contributed by atoms with van der Waals surface area (Å²) >= 11 is 0. The van der Waals surface area contributed by atoms with Crippen LogP contribution in [0.25, 0.3) is 22.3 Å². The molecule has 1 amide bonds. The maximum atomic E-state index is 12.0. The summed E-state index contributed by atoms with van der Waals surface area (Å²) in [6.07, 6.45) is 0.535. The van der Waals surface area contributed by atoms with Crippen LogP contribution in [0.4, 0.5) is 5.82 Å². The summed E-state index contributed by atoms with van der Waals surface area (Å²) in [5, 5.41) is 11.3. The lowest BCUT2D eigenvalue weighted by Gasteiger charge is -2.36. The molecule has 1 N–H and O–H groups in total. The summed E-state index contributed by atoms with van der Waals surface area (Å²) in [5.41, 5.74) is 2.60. The van der Waals surface area contributed by atoms with Crippen LogP contribution >= 0.6 is 0 Å². The third-order valence-corrected chi connectivity index (χ3v) is 5.21. The van der Waals surface area contributed by atoms with Gasteiger partial charge in [-0.1, -0.05) is 25.1 Å². The summed E-state index contributed by atoms with van der Waals surface area (Å²) < 4.78 is 0. The summed E-state index contributed by atoms with van der Waals surface area (Å²) in [6.45, 7) is 6.77. The lowest BCUT2D eigenvalue weighted by Crippen LogP contribution is -2.49. The quantitative estimate of drug-likeness (QED) is 0.759. The number of phenols is 1. The lowest BCUT2D eigenvalue weighted by molar-refractivity contribution is -0.131. The highest BCUT2D eigenvalue weighted by Gasteiger charge is 2.23. The number of fused-ring (bicyclic) bond motifs is 1. The van der Waals surface area contributed by atoms with Gasteiger partial charge in [0.05, 0.1) is 11.1 Å². The van der Waals surface area contributed by atoms with E-state index < -0.39 is 0 Å². The van der Waals surface area contributed by atoms with Crippen molar-refractivity contribution in [3.05, 3.63) is 48.0 Å². The Morgan fingerprint density at radius 2 is 1.82 bits per heavy atom.